The number of aliphatic hydroxyl groups excluding tert-OH is 1. The molecule has 2 N–H and O–H groups in total. The van der Waals surface area contributed by atoms with Crippen LogP contribution < -0.4 is 5.32 Å². The van der Waals surface area contributed by atoms with E-state index in [1.807, 2.05) is 0 Å². The van der Waals surface area contributed by atoms with Crippen LogP contribution in [0.3, 0.4) is 0 Å². The maximum absolute atomic E-state index is 14.3. The first-order valence-corrected chi connectivity index (χ1v) is 11.5. The molecule has 0 saturated carbocycles. The van der Waals surface area contributed by atoms with Crippen molar-refractivity contribution in [2.24, 2.45) is 0 Å². The van der Waals surface area contributed by atoms with E-state index in [9.17, 15) is 27.5 Å². The Labute approximate surface area is 247 Å². The van der Waals surface area contributed by atoms with Crippen LogP contribution in [0.2, 0.25) is 10.0 Å². The zero-order chi connectivity index (χ0) is 24.9. The molecule has 189 valence electrons. The molecular formula is C23H24AcCl2F4N3O2-. The largest absolute Gasteiger partial charge is 0.660 e. The first-order valence-electron chi connectivity index (χ1n) is 10.7. The fourth-order valence-corrected chi connectivity index (χ4v) is 4.03. The number of alkyl halides is 3. The fraction of sp³-hybridized carbons (Fsp3) is 0.435. The number of carbonyl (C=O) groups is 1. The van der Waals surface area contributed by atoms with E-state index >= 15 is 0 Å². The molecule has 0 aromatic heterocycles. The van der Waals surface area contributed by atoms with E-state index in [0.717, 1.165) is 19.2 Å². The smallest absolute Gasteiger partial charge is 0.416 e. The van der Waals surface area contributed by atoms with E-state index < -0.39 is 41.2 Å². The third kappa shape index (κ3) is 9.10. The minimum Gasteiger partial charge on any atom is -0.660 e. The van der Waals surface area contributed by atoms with Crippen LogP contribution >= 0.6 is 23.2 Å². The van der Waals surface area contributed by atoms with Crippen molar-refractivity contribution in [1.82, 2.24) is 10.2 Å². The van der Waals surface area contributed by atoms with Crippen LogP contribution in [0.1, 0.15) is 27.9 Å². The van der Waals surface area contributed by atoms with E-state index in [4.69, 9.17) is 23.2 Å². The summed E-state index contributed by atoms with van der Waals surface area (Å²) in [6, 6.07) is 5.72. The van der Waals surface area contributed by atoms with Gasteiger partial charge in [-0.05, 0) is 61.8 Å². The second-order valence-electron chi connectivity index (χ2n) is 8.09. The van der Waals surface area contributed by atoms with Gasteiger partial charge in [0, 0.05) is 50.6 Å². The maximum atomic E-state index is 14.3. The quantitative estimate of drug-likeness (QED) is 0.377. The van der Waals surface area contributed by atoms with Crippen molar-refractivity contribution >= 4 is 29.1 Å². The Morgan fingerprint density at radius 2 is 1.80 bits per heavy atom. The summed E-state index contributed by atoms with van der Waals surface area (Å²) >= 11 is 12.0. The van der Waals surface area contributed by atoms with Gasteiger partial charge in [0.1, 0.15) is 5.82 Å². The molecule has 1 radical (unpaired) electrons. The Hall–Kier alpha value is -0.468. The molecule has 12 heteroatoms. The van der Waals surface area contributed by atoms with Gasteiger partial charge in [0.15, 0.2) is 0 Å². The summed E-state index contributed by atoms with van der Waals surface area (Å²) in [6.45, 7) is 3.54. The molecule has 2 aromatic rings. The second kappa shape index (κ2) is 13.9. The van der Waals surface area contributed by atoms with Gasteiger partial charge >= 0.3 is 6.18 Å². The molecule has 0 bridgehead atoms. The minimum absolute atomic E-state index is 0. The van der Waals surface area contributed by atoms with Crippen molar-refractivity contribution in [3.05, 3.63) is 74.3 Å². The summed E-state index contributed by atoms with van der Waals surface area (Å²) in [5.41, 5.74) is -1.07. The summed E-state index contributed by atoms with van der Waals surface area (Å²) in [5.74, 6) is -2.22. The van der Waals surface area contributed by atoms with Crippen LogP contribution in [0.25, 0.3) is 5.32 Å². The third-order valence-corrected chi connectivity index (χ3v) is 6.39. The topological polar surface area (TPSA) is 66.7 Å². The monoisotopic (exact) mass is 747 g/mol. The zero-order valence-corrected chi connectivity index (χ0v) is 24.9. The predicted octanol–water partition coefficient (Wildman–Crippen LogP) is 4.93. The van der Waals surface area contributed by atoms with E-state index in [1.165, 1.54) is 0 Å². The number of piperazine rings is 1. The SMILES string of the molecule is O=C(NC(Cc1ccc(Cl)c(Cl)c1)C(O)CCN1CC[N-]CC1)c1ccc(C(F)(F)F)cc1F.[Ac]. The minimum atomic E-state index is -4.73. The molecular weight excluding hydrogens is 724 g/mol. The number of aliphatic hydroxyl groups is 1. The molecule has 0 spiro atoms. The molecule has 1 amide bonds. The van der Waals surface area contributed by atoms with Gasteiger partial charge in [-0.3, -0.25) is 4.79 Å². The summed E-state index contributed by atoms with van der Waals surface area (Å²) in [4.78, 5) is 14.9. The summed E-state index contributed by atoms with van der Waals surface area (Å²) < 4.78 is 52.8. The Bertz CT molecular complexity index is 1010. The van der Waals surface area contributed by atoms with Crippen LogP contribution in [0.5, 0.6) is 0 Å². The average Bonchev–Trinajstić information content (AvgIpc) is 2.79. The zero-order valence-electron chi connectivity index (χ0n) is 18.7. The standard InChI is InChI=1S/C23H24Cl2F4N3O2.Ac/c24-17-4-1-14(11-18(17)25)12-20(21(33)5-8-32-9-6-30-7-10-32)31-22(34)16-3-2-15(13-19(16)26)23(27,28)29;/h1-4,11,13,20-21,33H,5-10,12H2,(H,31,34);/q-1;. The van der Waals surface area contributed by atoms with E-state index in [-0.39, 0.29) is 56.5 Å². The first kappa shape index (κ1) is 30.8. The average molecular weight is 748 g/mol. The van der Waals surface area contributed by atoms with E-state index in [2.05, 4.69) is 15.5 Å². The molecule has 5 nitrogen and oxygen atoms in total. The molecule has 2 atom stereocenters. The molecule has 2 aromatic carbocycles. The van der Waals surface area contributed by atoms with Crippen LogP contribution in [-0.4, -0.2) is 60.8 Å². The molecule has 3 rings (SSSR count). The third-order valence-electron chi connectivity index (χ3n) is 5.65. The number of nitrogens with one attached hydrogen (secondary N) is 1. The number of benzene rings is 2. The molecule has 1 fully saturated rings. The van der Waals surface area contributed by atoms with Gasteiger partial charge in [0.2, 0.25) is 0 Å². The molecule has 1 heterocycles. The van der Waals surface area contributed by atoms with Crippen LogP contribution in [0.4, 0.5) is 17.6 Å². The van der Waals surface area contributed by atoms with E-state index in [0.29, 0.717) is 47.7 Å². The maximum Gasteiger partial charge on any atom is 0.416 e. The van der Waals surface area contributed by atoms with Gasteiger partial charge in [-0.2, -0.15) is 13.2 Å². The Morgan fingerprint density at radius 1 is 1.11 bits per heavy atom. The van der Waals surface area contributed by atoms with Crippen molar-refractivity contribution in [3.63, 3.8) is 0 Å². The number of rotatable bonds is 8. The Balaban J connectivity index is 0.00000432. The molecule has 35 heavy (non-hydrogen) atoms. The number of hydrogen-bond acceptors (Lipinski definition) is 3. The van der Waals surface area contributed by atoms with Crippen molar-refractivity contribution in [2.45, 2.75) is 31.2 Å². The van der Waals surface area contributed by atoms with Gasteiger partial charge in [-0.25, -0.2) is 4.39 Å². The number of carbonyl (C=O) groups excluding carboxylic acids is 1. The van der Waals surface area contributed by atoms with Gasteiger partial charge in [0.25, 0.3) is 5.91 Å². The molecule has 1 aliphatic rings. The summed E-state index contributed by atoms with van der Waals surface area (Å²) in [7, 11) is 0. The van der Waals surface area contributed by atoms with Crippen molar-refractivity contribution < 1.29 is 71.5 Å². The summed E-state index contributed by atoms with van der Waals surface area (Å²) in [6.07, 6.45) is -5.26. The Kier molecular flexibility index (Phi) is 12.2. The van der Waals surface area contributed by atoms with Gasteiger partial charge in [0.05, 0.1) is 33.3 Å². The molecule has 0 aliphatic carbocycles. The molecule has 1 aliphatic heterocycles. The summed E-state index contributed by atoms with van der Waals surface area (Å²) in [5, 5.41) is 18.4. The molecule has 1 saturated heterocycles. The number of amides is 1. The number of halogens is 6. The number of hydrogen-bond donors (Lipinski definition) is 2. The van der Waals surface area contributed by atoms with Crippen molar-refractivity contribution in [1.29, 1.82) is 0 Å². The van der Waals surface area contributed by atoms with Gasteiger partial charge in [-0.15, -0.1) is 13.1 Å². The first-order chi connectivity index (χ1) is 16.0. The van der Waals surface area contributed by atoms with Gasteiger partial charge in [-0.1, -0.05) is 29.3 Å². The Morgan fingerprint density at radius 3 is 2.40 bits per heavy atom. The van der Waals surface area contributed by atoms with Crippen LogP contribution in [0, 0.1) is 49.9 Å². The second-order valence-corrected chi connectivity index (χ2v) is 8.91. The van der Waals surface area contributed by atoms with E-state index in [1.54, 1.807) is 18.2 Å². The van der Waals surface area contributed by atoms with Crippen LogP contribution in [-0.2, 0) is 12.6 Å². The van der Waals surface area contributed by atoms with Crippen molar-refractivity contribution in [3.8, 4) is 0 Å². The number of nitrogens with zero attached hydrogens (tertiary/aromatic N) is 2. The van der Waals surface area contributed by atoms with Crippen molar-refractivity contribution in [2.75, 3.05) is 32.7 Å². The van der Waals surface area contributed by atoms with Gasteiger partial charge < -0.3 is 20.6 Å². The molecule has 2 unspecified atom stereocenters. The van der Waals surface area contributed by atoms with Crippen LogP contribution in [0.15, 0.2) is 36.4 Å². The fourth-order valence-electron chi connectivity index (χ4n) is 3.71. The normalized spacial score (nSPS) is 16.3. The predicted molar refractivity (Wildman–Crippen MR) is 123 cm³/mol.